The predicted molar refractivity (Wildman–Crippen MR) is 114 cm³/mol. The summed E-state index contributed by atoms with van der Waals surface area (Å²) in [4.78, 5) is 0. The molecule has 0 aliphatic rings. The van der Waals surface area contributed by atoms with E-state index in [0.29, 0.717) is 28.2 Å². The topological polar surface area (TPSA) is 21.3 Å². The summed E-state index contributed by atoms with van der Waals surface area (Å²) in [6.07, 6.45) is 0. The zero-order valence-corrected chi connectivity index (χ0v) is 17.2. The van der Waals surface area contributed by atoms with Gasteiger partial charge in [0.2, 0.25) is 0 Å². The molecule has 27 heavy (non-hydrogen) atoms. The summed E-state index contributed by atoms with van der Waals surface area (Å²) in [6, 6.07) is 21.5. The third-order valence-electron chi connectivity index (χ3n) is 4.32. The van der Waals surface area contributed by atoms with Gasteiger partial charge in [0.15, 0.2) is 0 Å². The van der Waals surface area contributed by atoms with Gasteiger partial charge >= 0.3 is 0 Å². The van der Waals surface area contributed by atoms with Crippen molar-refractivity contribution >= 4 is 34.8 Å². The van der Waals surface area contributed by atoms with E-state index in [9.17, 15) is 0 Å². The molecule has 0 saturated carbocycles. The molecule has 0 heterocycles. The van der Waals surface area contributed by atoms with Crippen molar-refractivity contribution < 1.29 is 4.74 Å². The Morgan fingerprint density at radius 2 is 1.56 bits per heavy atom. The van der Waals surface area contributed by atoms with Crippen molar-refractivity contribution in [3.63, 3.8) is 0 Å². The van der Waals surface area contributed by atoms with Crippen LogP contribution in [0.4, 0.5) is 0 Å². The largest absolute Gasteiger partial charge is 0.489 e. The average Bonchev–Trinajstić information content (AvgIpc) is 2.67. The second-order valence-corrected chi connectivity index (χ2v) is 7.57. The highest BCUT2D eigenvalue weighted by atomic mass is 35.5. The predicted octanol–water partition coefficient (Wildman–Crippen LogP) is 7.08. The van der Waals surface area contributed by atoms with Gasteiger partial charge in [-0.1, -0.05) is 71.2 Å². The summed E-state index contributed by atoms with van der Waals surface area (Å²) in [6.45, 7) is 3.13. The van der Waals surface area contributed by atoms with Crippen molar-refractivity contribution in [2.45, 2.75) is 26.1 Å². The summed E-state index contributed by atoms with van der Waals surface area (Å²) in [7, 11) is 0. The van der Waals surface area contributed by atoms with Crippen LogP contribution in [-0.2, 0) is 13.2 Å². The molecule has 0 aromatic heterocycles. The van der Waals surface area contributed by atoms with Gasteiger partial charge in [0.25, 0.3) is 0 Å². The van der Waals surface area contributed by atoms with Gasteiger partial charge in [-0.3, -0.25) is 0 Å². The van der Waals surface area contributed by atoms with Crippen LogP contribution in [0.1, 0.15) is 29.7 Å². The Kier molecular flexibility index (Phi) is 7.03. The van der Waals surface area contributed by atoms with E-state index in [-0.39, 0.29) is 6.04 Å². The molecular weight excluding hydrogens is 401 g/mol. The Morgan fingerprint density at radius 3 is 2.30 bits per heavy atom. The number of hydrogen-bond donors (Lipinski definition) is 1. The van der Waals surface area contributed by atoms with Crippen molar-refractivity contribution in [3.8, 4) is 5.75 Å². The molecule has 3 aromatic carbocycles. The molecule has 0 bridgehead atoms. The van der Waals surface area contributed by atoms with Gasteiger partial charge < -0.3 is 10.1 Å². The second-order valence-electron chi connectivity index (χ2n) is 6.29. The van der Waals surface area contributed by atoms with Crippen LogP contribution < -0.4 is 10.1 Å². The third kappa shape index (κ3) is 5.63. The average molecular weight is 421 g/mol. The first kappa shape index (κ1) is 20.0. The lowest BCUT2D eigenvalue weighted by Gasteiger charge is -2.17. The fourth-order valence-corrected chi connectivity index (χ4v) is 3.40. The van der Waals surface area contributed by atoms with Gasteiger partial charge in [-0.25, -0.2) is 0 Å². The maximum atomic E-state index is 6.23. The molecule has 1 atom stereocenters. The van der Waals surface area contributed by atoms with Crippen molar-refractivity contribution in [2.24, 2.45) is 0 Å². The molecule has 0 spiro atoms. The standard InChI is InChI=1S/C22H20Cl3NO/c1-15(16-5-3-2-4-6-16)26-13-18-11-19(23)9-10-22(18)27-14-17-7-8-20(24)12-21(17)25/h2-12,15,26H,13-14H2,1H3. The van der Waals surface area contributed by atoms with Crippen molar-refractivity contribution in [1.29, 1.82) is 0 Å². The Hall–Kier alpha value is -1.71. The van der Waals surface area contributed by atoms with Crippen LogP contribution in [0.3, 0.4) is 0 Å². The van der Waals surface area contributed by atoms with Crippen molar-refractivity contribution in [3.05, 3.63) is 98.5 Å². The second kappa shape index (κ2) is 9.48. The zero-order valence-electron chi connectivity index (χ0n) is 14.9. The van der Waals surface area contributed by atoms with Crippen LogP contribution in [0.15, 0.2) is 66.7 Å². The van der Waals surface area contributed by atoms with Crippen LogP contribution >= 0.6 is 34.8 Å². The molecule has 140 valence electrons. The van der Waals surface area contributed by atoms with E-state index < -0.39 is 0 Å². The zero-order chi connectivity index (χ0) is 19.2. The van der Waals surface area contributed by atoms with Crippen molar-refractivity contribution in [2.75, 3.05) is 0 Å². The molecule has 5 heteroatoms. The Bertz CT molecular complexity index is 899. The molecule has 0 aliphatic heterocycles. The number of hydrogen-bond acceptors (Lipinski definition) is 2. The highest BCUT2D eigenvalue weighted by Crippen LogP contribution is 2.27. The van der Waals surface area contributed by atoms with E-state index in [1.807, 2.05) is 42.5 Å². The molecule has 2 nitrogen and oxygen atoms in total. The maximum Gasteiger partial charge on any atom is 0.124 e. The monoisotopic (exact) mass is 419 g/mol. The molecular formula is C22H20Cl3NO. The lowest BCUT2D eigenvalue weighted by molar-refractivity contribution is 0.302. The molecule has 0 aliphatic carbocycles. The maximum absolute atomic E-state index is 6.23. The minimum atomic E-state index is 0.212. The van der Waals surface area contributed by atoms with Crippen LogP contribution in [-0.4, -0.2) is 0 Å². The number of ether oxygens (including phenoxy) is 1. The third-order valence-corrected chi connectivity index (χ3v) is 5.14. The number of benzene rings is 3. The van der Waals surface area contributed by atoms with E-state index in [2.05, 4.69) is 24.4 Å². The lowest BCUT2D eigenvalue weighted by atomic mass is 10.1. The number of halogens is 3. The highest BCUT2D eigenvalue weighted by Gasteiger charge is 2.10. The summed E-state index contributed by atoms with van der Waals surface area (Å²) in [5.41, 5.74) is 3.11. The van der Waals surface area contributed by atoms with E-state index >= 15 is 0 Å². The quantitative estimate of drug-likeness (QED) is 0.441. The molecule has 3 aromatic rings. The van der Waals surface area contributed by atoms with Crippen LogP contribution in [0, 0.1) is 0 Å². The summed E-state index contributed by atoms with van der Waals surface area (Å²) in [5, 5.41) is 5.39. The summed E-state index contributed by atoms with van der Waals surface area (Å²) in [5.74, 6) is 0.776. The molecule has 0 amide bonds. The fraction of sp³-hybridized carbons (Fsp3) is 0.182. The van der Waals surface area contributed by atoms with Gasteiger partial charge in [-0.15, -0.1) is 0 Å². The van der Waals surface area contributed by atoms with E-state index in [1.165, 1.54) is 5.56 Å². The first-order valence-electron chi connectivity index (χ1n) is 8.66. The molecule has 1 N–H and O–H groups in total. The lowest BCUT2D eigenvalue weighted by Crippen LogP contribution is -2.18. The summed E-state index contributed by atoms with van der Waals surface area (Å²) >= 11 is 18.4. The molecule has 0 fully saturated rings. The van der Waals surface area contributed by atoms with Gasteiger partial charge in [-0.2, -0.15) is 0 Å². The summed E-state index contributed by atoms with van der Waals surface area (Å²) < 4.78 is 6.01. The van der Waals surface area contributed by atoms with Crippen molar-refractivity contribution in [1.82, 2.24) is 5.32 Å². The normalized spacial score (nSPS) is 12.0. The Balaban J connectivity index is 1.69. The molecule has 3 rings (SSSR count). The van der Waals surface area contributed by atoms with E-state index in [4.69, 9.17) is 39.5 Å². The minimum absolute atomic E-state index is 0.212. The Labute approximate surface area is 175 Å². The fourth-order valence-electron chi connectivity index (χ4n) is 2.74. The molecule has 1 unspecified atom stereocenters. The first-order valence-corrected chi connectivity index (χ1v) is 9.80. The van der Waals surface area contributed by atoms with E-state index in [1.54, 1.807) is 12.1 Å². The van der Waals surface area contributed by atoms with Gasteiger partial charge in [0, 0.05) is 38.8 Å². The first-order chi connectivity index (χ1) is 13.0. The Morgan fingerprint density at radius 1 is 0.852 bits per heavy atom. The van der Waals surface area contributed by atoms with Gasteiger partial charge in [0.05, 0.1) is 0 Å². The van der Waals surface area contributed by atoms with E-state index in [0.717, 1.165) is 16.9 Å². The van der Waals surface area contributed by atoms with Crippen LogP contribution in [0.2, 0.25) is 15.1 Å². The SMILES string of the molecule is CC(NCc1cc(Cl)ccc1OCc1ccc(Cl)cc1Cl)c1ccccc1. The number of rotatable bonds is 7. The number of nitrogens with one attached hydrogen (secondary N) is 1. The van der Waals surface area contributed by atoms with Crippen LogP contribution in [0.5, 0.6) is 5.75 Å². The minimum Gasteiger partial charge on any atom is -0.489 e. The van der Waals surface area contributed by atoms with Crippen LogP contribution in [0.25, 0.3) is 0 Å². The van der Waals surface area contributed by atoms with Gasteiger partial charge in [0.1, 0.15) is 12.4 Å². The molecule has 0 radical (unpaired) electrons. The van der Waals surface area contributed by atoms with Gasteiger partial charge in [-0.05, 0) is 42.8 Å². The molecule has 0 saturated heterocycles. The highest BCUT2D eigenvalue weighted by molar-refractivity contribution is 6.35. The smallest absolute Gasteiger partial charge is 0.124 e.